The van der Waals surface area contributed by atoms with Gasteiger partial charge in [-0.2, -0.15) is 0 Å². The second kappa shape index (κ2) is 8.12. The maximum atomic E-state index is 12.1. The van der Waals surface area contributed by atoms with Crippen LogP contribution in [0.3, 0.4) is 0 Å². The predicted octanol–water partition coefficient (Wildman–Crippen LogP) is 2.86. The Labute approximate surface area is 131 Å². The summed E-state index contributed by atoms with van der Waals surface area (Å²) in [6, 6.07) is 11.4. The molecule has 0 fully saturated rings. The van der Waals surface area contributed by atoms with Crippen LogP contribution in [0.25, 0.3) is 0 Å². The molecule has 1 aromatic carbocycles. The highest BCUT2D eigenvalue weighted by Gasteiger charge is 2.08. The third-order valence-electron chi connectivity index (χ3n) is 3.19. The summed E-state index contributed by atoms with van der Waals surface area (Å²) in [4.78, 5) is 20.5. The first-order chi connectivity index (χ1) is 10.6. The second-order valence-electron chi connectivity index (χ2n) is 5.54. The van der Waals surface area contributed by atoms with Gasteiger partial charge in [0.25, 0.3) is 5.91 Å². The highest BCUT2D eigenvalue weighted by atomic mass is 16.1. The fourth-order valence-electron chi connectivity index (χ4n) is 1.91. The highest BCUT2D eigenvalue weighted by Crippen LogP contribution is 2.04. The Morgan fingerprint density at radius 1 is 1.18 bits per heavy atom. The molecule has 1 amide bonds. The number of hydrogen-bond acceptors (Lipinski definition) is 4. The molecule has 2 N–H and O–H groups in total. The maximum Gasteiger partial charge on any atom is 0.270 e. The largest absolute Gasteiger partial charge is 0.354 e. The molecule has 2 aromatic rings. The van der Waals surface area contributed by atoms with E-state index in [9.17, 15) is 4.79 Å². The van der Waals surface area contributed by atoms with Crippen LogP contribution in [0.5, 0.6) is 0 Å². The Balaban J connectivity index is 1.89. The molecule has 0 radical (unpaired) electrons. The average Bonchev–Trinajstić information content (AvgIpc) is 2.53. The standard InChI is InChI=1S/C17H22N4O/c1-13(2)8-10-18-17-19-11-9-15(21-17)16(22)20-12-14-6-4-3-5-7-14/h3-7,9,11,13H,8,10,12H2,1-2H3,(H,20,22)(H,18,19,21). The van der Waals surface area contributed by atoms with Gasteiger partial charge in [-0.15, -0.1) is 0 Å². The molecule has 1 heterocycles. The molecule has 0 saturated heterocycles. The first kappa shape index (κ1) is 15.9. The number of nitrogens with one attached hydrogen (secondary N) is 2. The molecular weight excluding hydrogens is 276 g/mol. The molecule has 1 aromatic heterocycles. The fourth-order valence-corrected chi connectivity index (χ4v) is 1.91. The summed E-state index contributed by atoms with van der Waals surface area (Å²) in [6.07, 6.45) is 2.63. The summed E-state index contributed by atoms with van der Waals surface area (Å²) in [6.45, 7) is 5.61. The van der Waals surface area contributed by atoms with E-state index < -0.39 is 0 Å². The predicted molar refractivity (Wildman–Crippen MR) is 87.6 cm³/mol. The molecule has 0 atom stereocenters. The molecular formula is C17H22N4O. The summed E-state index contributed by atoms with van der Waals surface area (Å²) in [5.41, 5.74) is 1.43. The molecule has 116 valence electrons. The van der Waals surface area contributed by atoms with E-state index in [0.29, 0.717) is 24.1 Å². The molecule has 2 rings (SSSR count). The van der Waals surface area contributed by atoms with E-state index >= 15 is 0 Å². The minimum absolute atomic E-state index is 0.196. The average molecular weight is 298 g/mol. The van der Waals surface area contributed by atoms with Crippen molar-refractivity contribution in [3.63, 3.8) is 0 Å². The third-order valence-corrected chi connectivity index (χ3v) is 3.19. The van der Waals surface area contributed by atoms with Crippen molar-refractivity contribution < 1.29 is 4.79 Å². The van der Waals surface area contributed by atoms with Gasteiger partial charge in [0.15, 0.2) is 0 Å². The number of hydrogen-bond donors (Lipinski definition) is 2. The first-order valence-corrected chi connectivity index (χ1v) is 7.54. The zero-order chi connectivity index (χ0) is 15.8. The highest BCUT2D eigenvalue weighted by molar-refractivity contribution is 5.92. The van der Waals surface area contributed by atoms with Crippen LogP contribution in [-0.4, -0.2) is 22.4 Å². The lowest BCUT2D eigenvalue weighted by atomic mass is 10.1. The smallest absolute Gasteiger partial charge is 0.270 e. The van der Waals surface area contributed by atoms with Crippen molar-refractivity contribution in [3.05, 3.63) is 53.9 Å². The van der Waals surface area contributed by atoms with Crippen molar-refractivity contribution in [2.45, 2.75) is 26.8 Å². The van der Waals surface area contributed by atoms with E-state index in [-0.39, 0.29) is 5.91 Å². The number of nitrogens with zero attached hydrogens (tertiary/aromatic N) is 2. The minimum atomic E-state index is -0.196. The molecule has 0 unspecified atom stereocenters. The summed E-state index contributed by atoms with van der Waals surface area (Å²) >= 11 is 0. The zero-order valence-corrected chi connectivity index (χ0v) is 13.0. The van der Waals surface area contributed by atoms with Gasteiger partial charge in [0.2, 0.25) is 5.95 Å². The fraction of sp³-hybridized carbons (Fsp3) is 0.353. The van der Waals surface area contributed by atoms with Gasteiger partial charge >= 0.3 is 0 Å². The van der Waals surface area contributed by atoms with Gasteiger partial charge in [-0.3, -0.25) is 4.79 Å². The van der Waals surface area contributed by atoms with Crippen LogP contribution < -0.4 is 10.6 Å². The van der Waals surface area contributed by atoms with Crippen LogP contribution in [0.2, 0.25) is 0 Å². The number of amides is 1. The van der Waals surface area contributed by atoms with E-state index in [4.69, 9.17) is 0 Å². The van der Waals surface area contributed by atoms with Gasteiger partial charge < -0.3 is 10.6 Å². The molecule has 0 aliphatic carbocycles. The van der Waals surface area contributed by atoms with Crippen molar-refractivity contribution >= 4 is 11.9 Å². The van der Waals surface area contributed by atoms with Crippen molar-refractivity contribution in [1.29, 1.82) is 0 Å². The topological polar surface area (TPSA) is 66.9 Å². The summed E-state index contributed by atoms with van der Waals surface area (Å²) < 4.78 is 0. The van der Waals surface area contributed by atoms with Crippen LogP contribution in [0.1, 0.15) is 36.3 Å². The molecule has 0 saturated carbocycles. The third kappa shape index (κ3) is 5.16. The van der Waals surface area contributed by atoms with Gasteiger partial charge in [0, 0.05) is 19.3 Å². The lowest BCUT2D eigenvalue weighted by molar-refractivity contribution is 0.0946. The SMILES string of the molecule is CC(C)CCNc1nccc(C(=O)NCc2ccccc2)n1. The van der Waals surface area contributed by atoms with E-state index in [1.54, 1.807) is 12.3 Å². The molecule has 5 nitrogen and oxygen atoms in total. The Bertz CT molecular complexity index is 599. The summed E-state index contributed by atoms with van der Waals surface area (Å²) in [5.74, 6) is 0.913. The lowest BCUT2D eigenvalue weighted by Crippen LogP contribution is -2.24. The van der Waals surface area contributed by atoms with E-state index in [2.05, 4.69) is 34.4 Å². The Morgan fingerprint density at radius 2 is 1.95 bits per heavy atom. The van der Waals surface area contributed by atoms with Crippen LogP contribution in [0.15, 0.2) is 42.6 Å². The minimum Gasteiger partial charge on any atom is -0.354 e. The van der Waals surface area contributed by atoms with Gasteiger partial charge in [-0.1, -0.05) is 44.2 Å². The number of aromatic nitrogens is 2. The number of anilines is 1. The van der Waals surface area contributed by atoms with Gasteiger partial charge in [-0.25, -0.2) is 9.97 Å². The van der Waals surface area contributed by atoms with Crippen LogP contribution in [-0.2, 0) is 6.54 Å². The van der Waals surface area contributed by atoms with Crippen LogP contribution in [0.4, 0.5) is 5.95 Å². The maximum absolute atomic E-state index is 12.1. The molecule has 5 heteroatoms. The van der Waals surface area contributed by atoms with Gasteiger partial charge in [-0.05, 0) is 24.0 Å². The monoisotopic (exact) mass is 298 g/mol. The molecule has 0 bridgehead atoms. The van der Waals surface area contributed by atoms with Gasteiger partial charge in [0.05, 0.1) is 0 Å². The normalized spacial score (nSPS) is 10.5. The molecule has 22 heavy (non-hydrogen) atoms. The van der Waals surface area contributed by atoms with Gasteiger partial charge in [0.1, 0.15) is 5.69 Å². The second-order valence-corrected chi connectivity index (χ2v) is 5.54. The molecule has 0 aliphatic heterocycles. The van der Waals surface area contributed by atoms with Crippen molar-refractivity contribution in [2.75, 3.05) is 11.9 Å². The van der Waals surface area contributed by atoms with Crippen molar-refractivity contribution in [2.24, 2.45) is 5.92 Å². The number of rotatable bonds is 7. The van der Waals surface area contributed by atoms with Crippen LogP contribution in [0, 0.1) is 5.92 Å². The van der Waals surface area contributed by atoms with E-state index in [1.807, 2.05) is 30.3 Å². The number of benzene rings is 1. The Kier molecular flexibility index (Phi) is 5.89. The van der Waals surface area contributed by atoms with Crippen molar-refractivity contribution in [1.82, 2.24) is 15.3 Å². The Hall–Kier alpha value is -2.43. The molecule has 0 spiro atoms. The lowest BCUT2D eigenvalue weighted by Gasteiger charge is -2.08. The quantitative estimate of drug-likeness (QED) is 0.825. The summed E-state index contributed by atoms with van der Waals surface area (Å²) in [5, 5.41) is 6.00. The van der Waals surface area contributed by atoms with Crippen LogP contribution >= 0.6 is 0 Å². The molecule has 0 aliphatic rings. The first-order valence-electron chi connectivity index (χ1n) is 7.54. The zero-order valence-electron chi connectivity index (χ0n) is 13.0. The number of carbonyl (C=O) groups is 1. The van der Waals surface area contributed by atoms with Crippen molar-refractivity contribution in [3.8, 4) is 0 Å². The van der Waals surface area contributed by atoms with E-state index in [0.717, 1.165) is 18.5 Å². The number of carbonyl (C=O) groups excluding carboxylic acids is 1. The Morgan fingerprint density at radius 3 is 2.68 bits per heavy atom. The van der Waals surface area contributed by atoms with E-state index in [1.165, 1.54) is 0 Å². The summed E-state index contributed by atoms with van der Waals surface area (Å²) in [7, 11) is 0.